The second kappa shape index (κ2) is 3.91. The van der Waals surface area contributed by atoms with Crippen molar-refractivity contribution < 1.29 is 9.63 Å². The van der Waals surface area contributed by atoms with Crippen LogP contribution in [-0.4, -0.2) is 20.7 Å². The Morgan fingerprint density at radius 1 is 1.40 bits per heavy atom. The topological polar surface area (TPSA) is 57.0 Å². The Morgan fingerprint density at radius 3 is 2.93 bits per heavy atom. The van der Waals surface area contributed by atoms with E-state index in [4.69, 9.17) is 4.84 Å². The fourth-order valence-electron chi connectivity index (χ4n) is 1.12. The smallest absolute Gasteiger partial charge is 0.330 e. The first-order valence-electron chi connectivity index (χ1n) is 4.38. The quantitative estimate of drug-likeness (QED) is 0.726. The molecule has 0 unspecified atom stereocenters. The molecule has 5 nitrogen and oxygen atoms in total. The monoisotopic (exact) mass is 203 g/mol. The lowest BCUT2D eigenvalue weighted by atomic mass is 10.2. The van der Waals surface area contributed by atoms with Crippen molar-refractivity contribution in [1.29, 1.82) is 0 Å². The van der Waals surface area contributed by atoms with Crippen molar-refractivity contribution in [3.63, 3.8) is 0 Å². The van der Waals surface area contributed by atoms with E-state index in [1.165, 1.54) is 23.5 Å². The second-order valence-corrected chi connectivity index (χ2v) is 3.05. The van der Waals surface area contributed by atoms with Crippen LogP contribution in [0.5, 0.6) is 0 Å². The highest BCUT2D eigenvalue weighted by Crippen LogP contribution is 2.01. The zero-order chi connectivity index (χ0) is 10.7. The van der Waals surface area contributed by atoms with Crippen LogP contribution in [0.15, 0.2) is 37.2 Å². The van der Waals surface area contributed by atoms with Crippen LogP contribution in [0.4, 0.5) is 0 Å². The Hall–Kier alpha value is -2.17. The predicted molar refractivity (Wildman–Crippen MR) is 52.1 cm³/mol. The summed E-state index contributed by atoms with van der Waals surface area (Å²) in [5.41, 5.74) is 1.33. The van der Waals surface area contributed by atoms with Gasteiger partial charge in [0.15, 0.2) is 0 Å². The van der Waals surface area contributed by atoms with Crippen LogP contribution in [0.1, 0.15) is 15.9 Å². The molecule has 15 heavy (non-hydrogen) atoms. The summed E-state index contributed by atoms with van der Waals surface area (Å²) in [5, 5.41) is 0. The molecule has 0 spiro atoms. The van der Waals surface area contributed by atoms with E-state index >= 15 is 0 Å². The molecular formula is C10H9N3O2. The van der Waals surface area contributed by atoms with Gasteiger partial charge in [0, 0.05) is 18.6 Å². The molecule has 2 heterocycles. The van der Waals surface area contributed by atoms with Crippen LogP contribution in [0, 0.1) is 6.92 Å². The van der Waals surface area contributed by atoms with Gasteiger partial charge in [-0.15, -0.1) is 0 Å². The Morgan fingerprint density at radius 2 is 2.27 bits per heavy atom. The van der Waals surface area contributed by atoms with Crippen LogP contribution < -0.4 is 4.84 Å². The van der Waals surface area contributed by atoms with Crippen molar-refractivity contribution in [3.05, 3.63) is 48.3 Å². The average Bonchev–Trinajstić information content (AvgIpc) is 2.70. The van der Waals surface area contributed by atoms with Crippen LogP contribution in [0.3, 0.4) is 0 Å². The molecule has 0 radical (unpaired) electrons. The largest absolute Gasteiger partial charge is 0.365 e. The summed E-state index contributed by atoms with van der Waals surface area (Å²) < 4.78 is 1.24. The van der Waals surface area contributed by atoms with Crippen molar-refractivity contribution >= 4 is 5.97 Å². The third-order valence-corrected chi connectivity index (χ3v) is 1.78. The van der Waals surface area contributed by atoms with Gasteiger partial charge in [0.05, 0.1) is 11.8 Å². The zero-order valence-electron chi connectivity index (χ0n) is 8.12. The highest BCUT2D eigenvalue weighted by Gasteiger charge is 2.08. The lowest BCUT2D eigenvalue weighted by Crippen LogP contribution is -2.18. The summed E-state index contributed by atoms with van der Waals surface area (Å²) in [6.45, 7) is 1.86. The number of carbonyl (C=O) groups excluding carboxylic acids is 1. The number of pyridine rings is 1. The van der Waals surface area contributed by atoms with Crippen LogP contribution in [0.2, 0.25) is 0 Å². The summed E-state index contributed by atoms with van der Waals surface area (Å²) >= 11 is 0. The molecule has 0 saturated heterocycles. The van der Waals surface area contributed by atoms with E-state index in [1.807, 2.05) is 6.92 Å². The van der Waals surface area contributed by atoms with Gasteiger partial charge in [0.1, 0.15) is 6.33 Å². The molecule has 2 aromatic heterocycles. The molecule has 76 valence electrons. The van der Waals surface area contributed by atoms with Crippen LogP contribution >= 0.6 is 0 Å². The minimum Gasteiger partial charge on any atom is -0.330 e. The molecule has 0 aliphatic rings. The SMILES string of the molecule is Cc1cncc(C(=O)On2ccnc2)c1. The molecule has 5 heteroatoms. The van der Waals surface area contributed by atoms with E-state index in [1.54, 1.807) is 18.5 Å². The number of hydrogen-bond donors (Lipinski definition) is 0. The summed E-state index contributed by atoms with van der Waals surface area (Å²) in [4.78, 5) is 24.2. The lowest BCUT2D eigenvalue weighted by Gasteiger charge is -2.03. The zero-order valence-corrected chi connectivity index (χ0v) is 8.12. The molecule has 0 amide bonds. The number of rotatable bonds is 2. The minimum atomic E-state index is -0.454. The standard InChI is InChI=1S/C10H9N3O2/c1-8-4-9(6-12-5-8)10(14)15-13-3-2-11-7-13/h2-7H,1H3. The molecule has 0 aliphatic heterocycles. The number of aromatic nitrogens is 3. The third-order valence-electron chi connectivity index (χ3n) is 1.78. The summed E-state index contributed by atoms with van der Waals surface area (Å²) in [6.07, 6.45) is 7.62. The van der Waals surface area contributed by atoms with Gasteiger partial charge in [-0.1, -0.05) is 0 Å². The first-order chi connectivity index (χ1) is 7.25. The minimum absolute atomic E-state index is 0.420. The highest BCUT2D eigenvalue weighted by molar-refractivity contribution is 5.89. The molecule has 2 rings (SSSR count). The Balaban J connectivity index is 2.15. The van der Waals surface area contributed by atoms with E-state index in [-0.39, 0.29) is 0 Å². The van der Waals surface area contributed by atoms with Crippen molar-refractivity contribution in [3.8, 4) is 0 Å². The van der Waals surface area contributed by atoms with Crippen LogP contribution in [0.25, 0.3) is 0 Å². The van der Waals surface area contributed by atoms with Crippen molar-refractivity contribution in [2.24, 2.45) is 0 Å². The lowest BCUT2D eigenvalue weighted by molar-refractivity contribution is 0.0460. The Labute approximate surface area is 86.3 Å². The van der Waals surface area contributed by atoms with E-state index in [0.717, 1.165) is 5.56 Å². The molecule has 0 saturated carbocycles. The van der Waals surface area contributed by atoms with Gasteiger partial charge in [-0.3, -0.25) is 4.98 Å². The van der Waals surface area contributed by atoms with E-state index in [2.05, 4.69) is 9.97 Å². The number of carbonyl (C=O) groups is 1. The van der Waals surface area contributed by atoms with E-state index < -0.39 is 5.97 Å². The molecule has 0 fully saturated rings. The van der Waals surface area contributed by atoms with Gasteiger partial charge in [0.2, 0.25) is 0 Å². The summed E-state index contributed by atoms with van der Waals surface area (Å²) in [7, 11) is 0. The van der Waals surface area contributed by atoms with Crippen molar-refractivity contribution in [2.75, 3.05) is 0 Å². The number of hydrogen-bond acceptors (Lipinski definition) is 4. The highest BCUT2D eigenvalue weighted by atomic mass is 16.7. The maximum absolute atomic E-state index is 11.6. The van der Waals surface area contributed by atoms with Gasteiger partial charge in [-0.2, -0.15) is 4.73 Å². The maximum Gasteiger partial charge on any atom is 0.365 e. The number of aryl methyl sites for hydroxylation is 1. The Bertz CT molecular complexity index is 465. The van der Waals surface area contributed by atoms with Crippen molar-refractivity contribution in [1.82, 2.24) is 14.7 Å². The third kappa shape index (κ3) is 2.19. The summed E-state index contributed by atoms with van der Waals surface area (Å²) in [6, 6.07) is 1.71. The normalized spacial score (nSPS) is 9.93. The van der Waals surface area contributed by atoms with Gasteiger partial charge in [-0.25, -0.2) is 9.78 Å². The first kappa shape index (κ1) is 9.39. The molecule has 0 atom stereocenters. The van der Waals surface area contributed by atoms with E-state index in [0.29, 0.717) is 5.56 Å². The molecule has 0 aliphatic carbocycles. The van der Waals surface area contributed by atoms with Crippen molar-refractivity contribution in [2.45, 2.75) is 6.92 Å². The fraction of sp³-hybridized carbons (Fsp3) is 0.100. The van der Waals surface area contributed by atoms with E-state index in [9.17, 15) is 4.79 Å². The van der Waals surface area contributed by atoms with Gasteiger partial charge >= 0.3 is 5.97 Å². The number of imidazole rings is 1. The maximum atomic E-state index is 11.6. The Kier molecular flexibility index (Phi) is 2.45. The molecular weight excluding hydrogens is 194 g/mol. The molecule has 0 N–H and O–H groups in total. The van der Waals surface area contributed by atoms with Gasteiger partial charge in [-0.05, 0) is 18.6 Å². The van der Waals surface area contributed by atoms with Gasteiger partial charge in [0.25, 0.3) is 0 Å². The number of nitrogens with zero attached hydrogens (tertiary/aromatic N) is 3. The molecule has 0 bridgehead atoms. The predicted octanol–water partition coefficient (Wildman–Crippen LogP) is 0.856. The second-order valence-electron chi connectivity index (χ2n) is 3.05. The van der Waals surface area contributed by atoms with Gasteiger partial charge < -0.3 is 4.84 Å². The molecule has 2 aromatic rings. The first-order valence-corrected chi connectivity index (χ1v) is 4.38. The summed E-state index contributed by atoms with van der Waals surface area (Å²) in [5.74, 6) is -0.454. The average molecular weight is 203 g/mol. The molecule has 0 aromatic carbocycles. The fourth-order valence-corrected chi connectivity index (χ4v) is 1.12. The van der Waals surface area contributed by atoms with Crippen LogP contribution in [-0.2, 0) is 0 Å².